The van der Waals surface area contributed by atoms with Gasteiger partial charge in [0.05, 0.1) is 13.2 Å². The summed E-state index contributed by atoms with van der Waals surface area (Å²) < 4.78 is 4.90. The van der Waals surface area contributed by atoms with E-state index in [1.54, 1.807) is 24.3 Å². The van der Waals surface area contributed by atoms with Gasteiger partial charge in [-0.25, -0.2) is 5.48 Å². The fourth-order valence-electron chi connectivity index (χ4n) is 1.07. The molecule has 1 saturated heterocycles. The average Bonchev–Trinajstić information content (AvgIpc) is 2.16. The molecule has 2 rings (SSSR count). The zero-order valence-corrected chi connectivity index (χ0v) is 7.60. The second-order valence-electron chi connectivity index (χ2n) is 3.07. The quantitative estimate of drug-likeness (QED) is 0.720. The molecule has 1 aromatic carbocycles. The molecule has 74 valence electrons. The van der Waals surface area contributed by atoms with E-state index in [4.69, 9.17) is 9.57 Å². The van der Waals surface area contributed by atoms with Crippen LogP contribution in [0.25, 0.3) is 0 Å². The molecule has 1 amide bonds. The van der Waals surface area contributed by atoms with Crippen molar-refractivity contribution in [2.45, 2.75) is 6.10 Å². The van der Waals surface area contributed by atoms with Crippen molar-refractivity contribution in [2.24, 2.45) is 0 Å². The van der Waals surface area contributed by atoms with E-state index in [0.717, 1.165) is 0 Å². The Balaban J connectivity index is 1.83. The standard InChI is InChI=1S/C10H11NO3/c12-10(8-4-2-1-3-5-8)11-14-9-6-13-7-9/h1-5,9H,6-7H2,(H,11,12). The first-order valence-corrected chi connectivity index (χ1v) is 4.45. The van der Waals surface area contributed by atoms with E-state index in [9.17, 15) is 4.79 Å². The Morgan fingerprint density at radius 3 is 2.64 bits per heavy atom. The van der Waals surface area contributed by atoms with Crippen LogP contribution < -0.4 is 5.48 Å². The number of carbonyl (C=O) groups is 1. The number of amides is 1. The summed E-state index contributed by atoms with van der Waals surface area (Å²) in [7, 11) is 0. The van der Waals surface area contributed by atoms with Gasteiger partial charge < -0.3 is 4.74 Å². The third kappa shape index (κ3) is 2.10. The Morgan fingerprint density at radius 2 is 2.07 bits per heavy atom. The molecule has 0 aliphatic carbocycles. The molecule has 0 unspecified atom stereocenters. The van der Waals surface area contributed by atoms with Crippen LogP contribution in [0.4, 0.5) is 0 Å². The van der Waals surface area contributed by atoms with E-state index < -0.39 is 0 Å². The van der Waals surface area contributed by atoms with Crippen LogP contribution in [0.1, 0.15) is 10.4 Å². The van der Waals surface area contributed by atoms with Gasteiger partial charge in [0, 0.05) is 5.56 Å². The summed E-state index contributed by atoms with van der Waals surface area (Å²) in [5.41, 5.74) is 2.97. The van der Waals surface area contributed by atoms with Gasteiger partial charge in [0.25, 0.3) is 5.91 Å². The Hall–Kier alpha value is -1.39. The zero-order chi connectivity index (χ0) is 9.80. The Bertz CT molecular complexity index is 308. The Kier molecular flexibility index (Phi) is 2.76. The maximum absolute atomic E-state index is 11.4. The van der Waals surface area contributed by atoms with Gasteiger partial charge in [-0.3, -0.25) is 9.63 Å². The van der Waals surface area contributed by atoms with E-state index in [1.807, 2.05) is 6.07 Å². The Morgan fingerprint density at radius 1 is 1.36 bits per heavy atom. The van der Waals surface area contributed by atoms with Gasteiger partial charge in [0.15, 0.2) is 0 Å². The summed E-state index contributed by atoms with van der Waals surface area (Å²) in [6.07, 6.45) is 0.00247. The molecule has 4 nitrogen and oxygen atoms in total. The molecule has 0 aromatic heterocycles. The number of ether oxygens (including phenoxy) is 1. The molecule has 0 bridgehead atoms. The SMILES string of the molecule is O=C(NOC1COC1)c1ccccc1. The van der Waals surface area contributed by atoms with Crippen LogP contribution in [0.2, 0.25) is 0 Å². The maximum Gasteiger partial charge on any atom is 0.274 e. The van der Waals surface area contributed by atoms with Crippen LogP contribution >= 0.6 is 0 Å². The minimum Gasteiger partial charge on any atom is -0.376 e. The molecule has 1 fully saturated rings. The predicted octanol–water partition coefficient (Wildman–Crippen LogP) is 0.747. The van der Waals surface area contributed by atoms with Crippen molar-refractivity contribution in [3.8, 4) is 0 Å². The van der Waals surface area contributed by atoms with E-state index >= 15 is 0 Å². The van der Waals surface area contributed by atoms with E-state index in [1.165, 1.54) is 0 Å². The van der Waals surface area contributed by atoms with Crippen molar-refractivity contribution in [2.75, 3.05) is 13.2 Å². The fraction of sp³-hybridized carbons (Fsp3) is 0.300. The number of rotatable bonds is 3. The van der Waals surface area contributed by atoms with Gasteiger partial charge >= 0.3 is 0 Å². The number of carbonyl (C=O) groups excluding carboxylic acids is 1. The van der Waals surface area contributed by atoms with Gasteiger partial charge in [-0.05, 0) is 12.1 Å². The summed E-state index contributed by atoms with van der Waals surface area (Å²) in [5, 5.41) is 0. The molecular weight excluding hydrogens is 182 g/mol. The average molecular weight is 193 g/mol. The monoisotopic (exact) mass is 193 g/mol. The number of nitrogens with one attached hydrogen (secondary N) is 1. The lowest BCUT2D eigenvalue weighted by Gasteiger charge is -2.25. The molecule has 1 heterocycles. The first kappa shape index (κ1) is 9.18. The van der Waals surface area contributed by atoms with Crippen molar-refractivity contribution >= 4 is 5.91 Å². The van der Waals surface area contributed by atoms with Crippen LogP contribution in [0.5, 0.6) is 0 Å². The second-order valence-corrected chi connectivity index (χ2v) is 3.07. The van der Waals surface area contributed by atoms with Crippen LogP contribution in [-0.2, 0) is 9.57 Å². The van der Waals surface area contributed by atoms with Gasteiger partial charge in [-0.2, -0.15) is 0 Å². The molecule has 1 aromatic rings. The predicted molar refractivity (Wildman–Crippen MR) is 49.6 cm³/mol. The normalized spacial score (nSPS) is 16.0. The number of hydrogen-bond donors (Lipinski definition) is 1. The molecule has 1 aliphatic rings. The number of hydrogen-bond acceptors (Lipinski definition) is 3. The smallest absolute Gasteiger partial charge is 0.274 e. The highest BCUT2D eigenvalue weighted by Gasteiger charge is 2.20. The number of hydroxylamine groups is 1. The van der Waals surface area contributed by atoms with Crippen molar-refractivity contribution < 1.29 is 14.4 Å². The third-order valence-electron chi connectivity index (χ3n) is 1.96. The lowest BCUT2D eigenvalue weighted by atomic mass is 10.2. The van der Waals surface area contributed by atoms with Crippen LogP contribution in [-0.4, -0.2) is 25.2 Å². The van der Waals surface area contributed by atoms with Gasteiger partial charge in [-0.1, -0.05) is 18.2 Å². The van der Waals surface area contributed by atoms with E-state index in [-0.39, 0.29) is 12.0 Å². The molecular formula is C10H11NO3. The molecule has 4 heteroatoms. The van der Waals surface area contributed by atoms with E-state index in [0.29, 0.717) is 18.8 Å². The van der Waals surface area contributed by atoms with Gasteiger partial charge in [-0.15, -0.1) is 0 Å². The first-order chi connectivity index (χ1) is 6.86. The molecule has 0 atom stereocenters. The van der Waals surface area contributed by atoms with E-state index in [2.05, 4.69) is 5.48 Å². The molecule has 0 saturated carbocycles. The summed E-state index contributed by atoms with van der Waals surface area (Å²) in [5.74, 6) is -0.225. The molecule has 1 N–H and O–H groups in total. The highest BCUT2D eigenvalue weighted by atomic mass is 16.7. The molecule has 0 spiro atoms. The number of benzene rings is 1. The minimum absolute atomic E-state index is 0.00247. The van der Waals surface area contributed by atoms with Crippen LogP contribution in [0, 0.1) is 0 Å². The summed E-state index contributed by atoms with van der Waals surface area (Å²) in [6.45, 7) is 1.10. The summed E-state index contributed by atoms with van der Waals surface area (Å²) >= 11 is 0. The second kappa shape index (κ2) is 4.21. The van der Waals surface area contributed by atoms with Gasteiger partial charge in [0.1, 0.15) is 6.10 Å². The summed E-state index contributed by atoms with van der Waals surface area (Å²) in [6, 6.07) is 8.94. The van der Waals surface area contributed by atoms with Crippen molar-refractivity contribution in [1.29, 1.82) is 0 Å². The molecule has 0 radical (unpaired) electrons. The highest BCUT2D eigenvalue weighted by Crippen LogP contribution is 2.04. The fourth-order valence-corrected chi connectivity index (χ4v) is 1.07. The first-order valence-electron chi connectivity index (χ1n) is 4.45. The highest BCUT2D eigenvalue weighted by molar-refractivity contribution is 5.93. The molecule has 1 aliphatic heterocycles. The van der Waals surface area contributed by atoms with Crippen molar-refractivity contribution in [3.05, 3.63) is 35.9 Å². The topological polar surface area (TPSA) is 47.6 Å². The Labute approximate surface area is 81.8 Å². The third-order valence-corrected chi connectivity index (χ3v) is 1.96. The maximum atomic E-state index is 11.4. The van der Waals surface area contributed by atoms with Crippen molar-refractivity contribution in [1.82, 2.24) is 5.48 Å². The lowest BCUT2D eigenvalue weighted by Crippen LogP contribution is -2.41. The zero-order valence-electron chi connectivity index (χ0n) is 7.60. The van der Waals surface area contributed by atoms with Gasteiger partial charge in [0.2, 0.25) is 0 Å². The largest absolute Gasteiger partial charge is 0.376 e. The lowest BCUT2D eigenvalue weighted by molar-refractivity contribution is -0.152. The molecule has 14 heavy (non-hydrogen) atoms. The minimum atomic E-state index is -0.225. The van der Waals surface area contributed by atoms with Crippen molar-refractivity contribution in [3.63, 3.8) is 0 Å². The van der Waals surface area contributed by atoms with Crippen LogP contribution in [0.3, 0.4) is 0 Å². The summed E-state index contributed by atoms with van der Waals surface area (Å²) in [4.78, 5) is 16.5. The van der Waals surface area contributed by atoms with Crippen LogP contribution in [0.15, 0.2) is 30.3 Å².